The normalized spacial score (nSPS) is 23.2. The molecule has 0 radical (unpaired) electrons. The zero-order valence-electron chi connectivity index (χ0n) is 10.1. The molecule has 0 bridgehead atoms. The van der Waals surface area contributed by atoms with Gasteiger partial charge in [0.25, 0.3) is 0 Å². The van der Waals surface area contributed by atoms with Gasteiger partial charge in [0.2, 0.25) is 0 Å². The van der Waals surface area contributed by atoms with Gasteiger partial charge in [-0.1, -0.05) is 6.92 Å². The van der Waals surface area contributed by atoms with E-state index in [1.54, 1.807) is 0 Å². The van der Waals surface area contributed by atoms with Crippen molar-refractivity contribution in [2.75, 3.05) is 26.4 Å². The molecule has 0 amide bonds. The van der Waals surface area contributed by atoms with E-state index in [4.69, 9.17) is 9.47 Å². The van der Waals surface area contributed by atoms with Crippen molar-refractivity contribution in [1.29, 1.82) is 0 Å². The first-order valence-corrected chi connectivity index (χ1v) is 6.29. The molecule has 2 unspecified atom stereocenters. The summed E-state index contributed by atoms with van der Waals surface area (Å²) >= 11 is 0. The molecule has 1 fully saturated rings. The largest absolute Gasteiger partial charge is 0.380 e. The van der Waals surface area contributed by atoms with Gasteiger partial charge in [-0.05, 0) is 39.2 Å². The maximum Gasteiger partial charge on any atom is 0.0619 e. The van der Waals surface area contributed by atoms with Gasteiger partial charge in [0.05, 0.1) is 12.7 Å². The molecule has 1 heterocycles. The van der Waals surface area contributed by atoms with Gasteiger partial charge in [0.15, 0.2) is 0 Å². The molecule has 3 nitrogen and oxygen atoms in total. The summed E-state index contributed by atoms with van der Waals surface area (Å²) < 4.78 is 11.1. The molecule has 1 aliphatic rings. The molecule has 0 aromatic rings. The van der Waals surface area contributed by atoms with Crippen molar-refractivity contribution in [3.63, 3.8) is 0 Å². The van der Waals surface area contributed by atoms with E-state index in [0.29, 0.717) is 12.1 Å². The van der Waals surface area contributed by atoms with Gasteiger partial charge in [-0.15, -0.1) is 0 Å². The number of rotatable bonds is 8. The molecule has 0 spiro atoms. The molecule has 1 N–H and O–H groups in total. The van der Waals surface area contributed by atoms with Crippen molar-refractivity contribution in [2.24, 2.45) is 0 Å². The lowest BCUT2D eigenvalue weighted by atomic mass is 10.1. The average Bonchev–Trinajstić information content (AvgIpc) is 2.75. The Labute approximate surface area is 93.5 Å². The van der Waals surface area contributed by atoms with E-state index in [1.807, 2.05) is 6.92 Å². The van der Waals surface area contributed by atoms with Crippen LogP contribution in [0.3, 0.4) is 0 Å². The van der Waals surface area contributed by atoms with Crippen molar-refractivity contribution in [3.05, 3.63) is 0 Å². The Kier molecular flexibility index (Phi) is 6.98. The highest BCUT2D eigenvalue weighted by molar-refractivity contribution is 4.71. The van der Waals surface area contributed by atoms with Gasteiger partial charge < -0.3 is 14.8 Å². The van der Waals surface area contributed by atoms with E-state index in [0.717, 1.165) is 26.4 Å². The SMILES string of the molecule is CCNC(CCC1CCCO1)COCC. The van der Waals surface area contributed by atoms with E-state index in [2.05, 4.69) is 12.2 Å². The maximum atomic E-state index is 5.62. The topological polar surface area (TPSA) is 30.5 Å². The van der Waals surface area contributed by atoms with Crippen molar-refractivity contribution in [1.82, 2.24) is 5.32 Å². The summed E-state index contributed by atoms with van der Waals surface area (Å²) in [6.07, 6.45) is 5.33. The summed E-state index contributed by atoms with van der Waals surface area (Å²) in [6, 6.07) is 0.499. The number of hydrogen-bond acceptors (Lipinski definition) is 3. The predicted molar refractivity (Wildman–Crippen MR) is 62.2 cm³/mol. The van der Waals surface area contributed by atoms with Gasteiger partial charge >= 0.3 is 0 Å². The molecule has 0 saturated carbocycles. The minimum atomic E-state index is 0.499. The molecule has 1 rings (SSSR count). The van der Waals surface area contributed by atoms with Crippen LogP contribution in [0.1, 0.15) is 39.5 Å². The molecular formula is C12H25NO2. The Hall–Kier alpha value is -0.120. The number of nitrogens with one attached hydrogen (secondary N) is 1. The number of ether oxygens (including phenoxy) is 2. The second-order valence-electron chi connectivity index (χ2n) is 4.13. The quantitative estimate of drug-likeness (QED) is 0.671. The van der Waals surface area contributed by atoms with Gasteiger partial charge in [0.1, 0.15) is 0 Å². The van der Waals surface area contributed by atoms with Crippen LogP contribution in [0.2, 0.25) is 0 Å². The first kappa shape index (κ1) is 12.9. The van der Waals surface area contributed by atoms with Crippen LogP contribution in [0.5, 0.6) is 0 Å². The van der Waals surface area contributed by atoms with Crippen LogP contribution >= 0.6 is 0 Å². The molecular weight excluding hydrogens is 190 g/mol. The summed E-state index contributed by atoms with van der Waals surface area (Å²) in [7, 11) is 0. The Bertz CT molecular complexity index is 147. The molecule has 0 aliphatic carbocycles. The average molecular weight is 215 g/mol. The maximum absolute atomic E-state index is 5.62. The van der Waals surface area contributed by atoms with Gasteiger partial charge in [-0.3, -0.25) is 0 Å². The van der Waals surface area contributed by atoms with Gasteiger partial charge in [0, 0.05) is 19.3 Å². The van der Waals surface area contributed by atoms with Crippen molar-refractivity contribution in [3.8, 4) is 0 Å². The third kappa shape index (κ3) is 5.50. The van der Waals surface area contributed by atoms with Crippen molar-refractivity contribution in [2.45, 2.75) is 51.7 Å². The number of hydrogen-bond donors (Lipinski definition) is 1. The highest BCUT2D eigenvalue weighted by Crippen LogP contribution is 2.17. The lowest BCUT2D eigenvalue weighted by Gasteiger charge is -2.19. The standard InChI is InChI=1S/C12H25NO2/c1-3-13-11(10-14-4-2)7-8-12-6-5-9-15-12/h11-13H,3-10H2,1-2H3. The molecule has 0 aromatic heterocycles. The van der Waals surface area contributed by atoms with E-state index >= 15 is 0 Å². The molecule has 0 aromatic carbocycles. The Morgan fingerprint density at radius 3 is 2.93 bits per heavy atom. The Morgan fingerprint density at radius 1 is 1.47 bits per heavy atom. The Balaban J connectivity index is 2.11. The van der Waals surface area contributed by atoms with Crippen molar-refractivity contribution < 1.29 is 9.47 Å². The molecule has 15 heavy (non-hydrogen) atoms. The lowest BCUT2D eigenvalue weighted by Crippen LogP contribution is -2.34. The van der Waals surface area contributed by atoms with Crippen molar-refractivity contribution >= 4 is 0 Å². The summed E-state index contributed by atoms with van der Waals surface area (Å²) in [5, 5.41) is 3.46. The van der Waals surface area contributed by atoms with Gasteiger partial charge in [-0.25, -0.2) is 0 Å². The minimum absolute atomic E-state index is 0.499. The zero-order valence-corrected chi connectivity index (χ0v) is 10.1. The van der Waals surface area contributed by atoms with E-state index in [-0.39, 0.29) is 0 Å². The summed E-state index contributed by atoms with van der Waals surface area (Å²) in [6.45, 7) is 7.80. The van der Waals surface area contributed by atoms with E-state index in [1.165, 1.54) is 25.7 Å². The van der Waals surface area contributed by atoms with E-state index < -0.39 is 0 Å². The highest BCUT2D eigenvalue weighted by atomic mass is 16.5. The fourth-order valence-corrected chi connectivity index (χ4v) is 2.05. The van der Waals surface area contributed by atoms with Crippen LogP contribution in [0.25, 0.3) is 0 Å². The Morgan fingerprint density at radius 2 is 2.33 bits per heavy atom. The third-order valence-electron chi connectivity index (χ3n) is 2.88. The van der Waals surface area contributed by atoms with Crippen LogP contribution in [-0.4, -0.2) is 38.5 Å². The highest BCUT2D eigenvalue weighted by Gasteiger charge is 2.17. The summed E-state index contributed by atoms with van der Waals surface area (Å²) in [4.78, 5) is 0. The zero-order chi connectivity index (χ0) is 10.9. The first-order valence-electron chi connectivity index (χ1n) is 6.29. The van der Waals surface area contributed by atoms with Crippen LogP contribution in [0.4, 0.5) is 0 Å². The smallest absolute Gasteiger partial charge is 0.0619 e. The van der Waals surface area contributed by atoms with Crippen LogP contribution in [0.15, 0.2) is 0 Å². The fourth-order valence-electron chi connectivity index (χ4n) is 2.05. The molecule has 1 saturated heterocycles. The summed E-state index contributed by atoms with van der Waals surface area (Å²) in [5.41, 5.74) is 0. The van der Waals surface area contributed by atoms with Crippen LogP contribution in [-0.2, 0) is 9.47 Å². The molecule has 90 valence electrons. The third-order valence-corrected chi connectivity index (χ3v) is 2.88. The molecule has 2 atom stereocenters. The second-order valence-corrected chi connectivity index (χ2v) is 4.13. The second kappa shape index (κ2) is 8.08. The van der Waals surface area contributed by atoms with Crippen LogP contribution in [0, 0.1) is 0 Å². The number of likely N-dealkylation sites (N-methyl/N-ethyl adjacent to an activating group) is 1. The monoisotopic (exact) mass is 215 g/mol. The van der Waals surface area contributed by atoms with Crippen LogP contribution < -0.4 is 5.32 Å². The molecule has 1 aliphatic heterocycles. The summed E-state index contributed by atoms with van der Waals surface area (Å²) in [5.74, 6) is 0. The first-order chi connectivity index (χ1) is 7.36. The molecule has 3 heteroatoms. The van der Waals surface area contributed by atoms with E-state index in [9.17, 15) is 0 Å². The van der Waals surface area contributed by atoms with Gasteiger partial charge in [-0.2, -0.15) is 0 Å². The fraction of sp³-hybridized carbons (Fsp3) is 1.00. The predicted octanol–water partition coefficient (Wildman–Crippen LogP) is 1.96. The lowest BCUT2D eigenvalue weighted by molar-refractivity contribution is 0.0859. The minimum Gasteiger partial charge on any atom is -0.380 e.